The largest absolute Gasteiger partial charge is 0.508 e. The van der Waals surface area contributed by atoms with E-state index in [0.29, 0.717) is 6.54 Å². The lowest BCUT2D eigenvalue weighted by Crippen LogP contribution is -2.55. The highest BCUT2D eigenvalue weighted by molar-refractivity contribution is 5.95. The Morgan fingerprint density at radius 2 is 1.95 bits per heavy atom. The van der Waals surface area contributed by atoms with E-state index >= 15 is 0 Å². The van der Waals surface area contributed by atoms with Gasteiger partial charge in [0.1, 0.15) is 11.5 Å². The molecule has 1 aromatic carbocycles. The number of carbonyl (C=O) groups is 1. The fraction of sp³-hybridized carbons (Fsp3) is 0.500. The molecule has 1 fully saturated rings. The van der Waals surface area contributed by atoms with Crippen LogP contribution in [0.15, 0.2) is 18.2 Å². The van der Waals surface area contributed by atoms with Crippen LogP contribution in [-0.4, -0.2) is 57.5 Å². The molecular weight excluding hydrogens is 262 g/mol. The zero-order valence-electron chi connectivity index (χ0n) is 11.5. The van der Waals surface area contributed by atoms with Gasteiger partial charge in [0.25, 0.3) is 5.91 Å². The van der Waals surface area contributed by atoms with Gasteiger partial charge in [-0.25, -0.2) is 0 Å². The molecule has 1 aromatic rings. The van der Waals surface area contributed by atoms with Crippen LogP contribution in [0.25, 0.3) is 0 Å². The number of morpholine rings is 1. The first-order chi connectivity index (χ1) is 9.30. The quantitative estimate of drug-likeness (QED) is 0.743. The fourth-order valence-corrected chi connectivity index (χ4v) is 2.45. The summed E-state index contributed by atoms with van der Waals surface area (Å²) in [6.07, 6.45) is -0.436. The fourth-order valence-electron chi connectivity index (χ4n) is 2.45. The van der Waals surface area contributed by atoms with Gasteiger partial charge >= 0.3 is 0 Å². The SMILES string of the molecule is CC1(C)CN(C(=O)c2cc(O)cc(O)c2)CC(CO)O1. The summed E-state index contributed by atoms with van der Waals surface area (Å²) in [6.45, 7) is 4.16. The van der Waals surface area contributed by atoms with Crippen LogP contribution >= 0.6 is 0 Å². The lowest BCUT2D eigenvalue weighted by Gasteiger charge is -2.42. The van der Waals surface area contributed by atoms with Crippen molar-refractivity contribution in [2.75, 3.05) is 19.7 Å². The summed E-state index contributed by atoms with van der Waals surface area (Å²) in [5.41, 5.74) is -0.350. The van der Waals surface area contributed by atoms with Gasteiger partial charge in [-0.15, -0.1) is 0 Å². The predicted octanol–water partition coefficient (Wildman–Crippen LogP) is 0.710. The van der Waals surface area contributed by atoms with Crippen LogP contribution in [0.1, 0.15) is 24.2 Å². The summed E-state index contributed by atoms with van der Waals surface area (Å²) in [5.74, 6) is -0.648. The van der Waals surface area contributed by atoms with Gasteiger partial charge in [-0.1, -0.05) is 0 Å². The van der Waals surface area contributed by atoms with E-state index in [1.807, 2.05) is 13.8 Å². The molecule has 6 nitrogen and oxygen atoms in total. The van der Waals surface area contributed by atoms with Crippen LogP contribution in [0.3, 0.4) is 0 Å². The monoisotopic (exact) mass is 281 g/mol. The molecule has 1 atom stereocenters. The number of ether oxygens (including phenoxy) is 1. The van der Waals surface area contributed by atoms with Crippen molar-refractivity contribution in [3.63, 3.8) is 0 Å². The number of carbonyl (C=O) groups excluding carboxylic acids is 1. The van der Waals surface area contributed by atoms with Crippen molar-refractivity contribution >= 4 is 5.91 Å². The maximum Gasteiger partial charge on any atom is 0.254 e. The van der Waals surface area contributed by atoms with Gasteiger partial charge in [0, 0.05) is 24.7 Å². The van der Waals surface area contributed by atoms with E-state index in [4.69, 9.17) is 4.74 Å². The molecule has 1 saturated heterocycles. The standard InChI is InChI=1S/C14H19NO5/c1-14(2)8-15(6-12(7-16)20-14)13(19)9-3-10(17)5-11(18)4-9/h3-5,12,16-18H,6-8H2,1-2H3. The number of hydrogen-bond acceptors (Lipinski definition) is 5. The number of benzene rings is 1. The molecule has 1 aliphatic rings. The highest BCUT2D eigenvalue weighted by atomic mass is 16.5. The number of phenolic OH excluding ortho intramolecular Hbond substituents is 2. The molecule has 2 rings (SSSR count). The number of phenols is 2. The minimum atomic E-state index is -0.555. The molecule has 0 spiro atoms. The number of aliphatic hydroxyl groups excluding tert-OH is 1. The summed E-state index contributed by atoms with van der Waals surface area (Å²) in [7, 11) is 0. The van der Waals surface area contributed by atoms with Crippen LogP contribution in [0.2, 0.25) is 0 Å². The zero-order valence-corrected chi connectivity index (χ0v) is 11.5. The van der Waals surface area contributed by atoms with Gasteiger partial charge in [0.15, 0.2) is 0 Å². The third-order valence-corrected chi connectivity index (χ3v) is 3.12. The molecule has 1 unspecified atom stereocenters. The number of aliphatic hydroxyl groups is 1. The molecule has 20 heavy (non-hydrogen) atoms. The second-order valence-corrected chi connectivity index (χ2v) is 5.61. The molecule has 3 N–H and O–H groups in total. The molecule has 0 aromatic heterocycles. The molecular formula is C14H19NO5. The van der Waals surface area contributed by atoms with Crippen LogP contribution < -0.4 is 0 Å². The van der Waals surface area contributed by atoms with Gasteiger partial charge in [0.2, 0.25) is 0 Å². The smallest absolute Gasteiger partial charge is 0.254 e. The van der Waals surface area contributed by atoms with E-state index in [0.717, 1.165) is 6.07 Å². The Bertz CT molecular complexity index is 494. The maximum absolute atomic E-state index is 12.4. The second-order valence-electron chi connectivity index (χ2n) is 5.61. The van der Waals surface area contributed by atoms with Crippen LogP contribution in [-0.2, 0) is 4.74 Å². The molecule has 0 radical (unpaired) electrons. The summed E-state index contributed by atoms with van der Waals surface area (Å²) in [4.78, 5) is 14.0. The van der Waals surface area contributed by atoms with E-state index in [1.54, 1.807) is 4.90 Å². The molecule has 110 valence electrons. The lowest BCUT2D eigenvalue weighted by atomic mass is 10.0. The molecule has 1 heterocycles. The minimum Gasteiger partial charge on any atom is -0.508 e. The Morgan fingerprint density at radius 1 is 1.35 bits per heavy atom. The van der Waals surface area contributed by atoms with E-state index in [-0.39, 0.29) is 36.1 Å². The lowest BCUT2D eigenvalue weighted by molar-refractivity contribution is -0.139. The van der Waals surface area contributed by atoms with Crippen molar-refractivity contribution in [2.45, 2.75) is 25.6 Å². The van der Waals surface area contributed by atoms with Gasteiger partial charge in [-0.3, -0.25) is 4.79 Å². The Kier molecular flexibility index (Phi) is 3.87. The second kappa shape index (κ2) is 5.30. The number of hydrogen-bond donors (Lipinski definition) is 3. The number of nitrogens with zero attached hydrogens (tertiary/aromatic N) is 1. The van der Waals surface area contributed by atoms with Crippen LogP contribution in [0.5, 0.6) is 11.5 Å². The third-order valence-electron chi connectivity index (χ3n) is 3.12. The van der Waals surface area contributed by atoms with Crippen molar-refractivity contribution in [1.82, 2.24) is 4.90 Å². The Labute approximate surface area is 117 Å². The zero-order chi connectivity index (χ0) is 14.9. The van der Waals surface area contributed by atoms with E-state index in [2.05, 4.69) is 0 Å². The van der Waals surface area contributed by atoms with Crippen molar-refractivity contribution in [1.29, 1.82) is 0 Å². The molecule has 0 saturated carbocycles. The molecule has 1 aliphatic heterocycles. The molecule has 0 bridgehead atoms. The normalized spacial score (nSPS) is 21.8. The van der Waals surface area contributed by atoms with Crippen molar-refractivity contribution in [3.05, 3.63) is 23.8 Å². The van der Waals surface area contributed by atoms with Crippen molar-refractivity contribution in [3.8, 4) is 11.5 Å². The first-order valence-electron chi connectivity index (χ1n) is 6.42. The number of aromatic hydroxyl groups is 2. The highest BCUT2D eigenvalue weighted by Crippen LogP contribution is 2.25. The Morgan fingerprint density at radius 3 is 2.50 bits per heavy atom. The topological polar surface area (TPSA) is 90.2 Å². The van der Waals surface area contributed by atoms with Gasteiger partial charge < -0.3 is 25.0 Å². The van der Waals surface area contributed by atoms with Crippen molar-refractivity contribution in [2.24, 2.45) is 0 Å². The highest BCUT2D eigenvalue weighted by Gasteiger charge is 2.35. The van der Waals surface area contributed by atoms with Gasteiger partial charge in [-0.2, -0.15) is 0 Å². The summed E-state index contributed by atoms with van der Waals surface area (Å²) in [5, 5.41) is 28.1. The molecule has 1 amide bonds. The first kappa shape index (κ1) is 14.6. The van der Waals surface area contributed by atoms with Gasteiger partial charge in [-0.05, 0) is 26.0 Å². The summed E-state index contributed by atoms with van der Waals surface area (Å²) in [6, 6.07) is 3.77. The minimum absolute atomic E-state index is 0.167. The third kappa shape index (κ3) is 3.20. The molecule has 0 aliphatic carbocycles. The number of rotatable bonds is 2. The average Bonchev–Trinajstić information content (AvgIpc) is 2.34. The maximum atomic E-state index is 12.4. The summed E-state index contributed by atoms with van der Waals surface area (Å²) < 4.78 is 5.64. The van der Waals surface area contributed by atoms with E-state index in [9.17, 15) is 20.1 Å². The first-order valence-corrected chi connectivity index (χ1v) is 6.42. The molecule has 6 heteroatoms. The van der Waals surface area contributed by atoms with Crippen molar-refractivity contribution < 1.29 is 24.9 Å². The Hall–Kier alpha value is -1.79. The average molecular weight is 281 g/mol. The number of amides is 1. The van der Waals surface area contributed by atoms with Gasteiger partial charge in [0.05, 0.1) is 18.3 Å². The predicted molar refractivity (Wildman–Crippen MR) is 71.7 cm³/mol. The van der Waals surface area contributed by atoms with Crippen LogP contribution in [0.4, 0.5) is 0 Å². The van der Waals surface area contributed by atoms with Crippen LogP contribution in [0, 0.1) is 0 Å². The summed E-state index contributed by atoms with van der Waals surface area (Å²) >= 11 is 0. The van der Waals surface area contributed by atoms with E-state index < -0.39 is 11.7 Å². The van der Waals surface area contributed by atoms with E-state index in [1.165, 1.54) is 12.1 Å². The Balaban J connectivity index is 2.23.